The summed E-state index contributed by atoms with van der Waals surface area (Å²) >= 11 is 6.26. The predicted octanol–water partition coefficient (Wildman–Crippen LogP) is 4.84. The number of nitrogens with one attached hydrogen (secondary N) is 1. The van der Waals surface area contributed by atoms with E-state index >= 15 is 0 Å². The number of benzene rings is 2. The maximum atomic E-state index is 6.26. The highest BCUT2D eigenvalue weighted by Gasteiger charge is 2.10. The molecule has 0 bridgehead atoms. The molecule has 112 valence electrons. The second-order valence-corrected chi connectivity index (χ2v) is 6.29. The van der Waals surface area contributed by atoms with Crippen molar-refractivity contribution in [2.24, 2.45) is 0 Å². The zero-order chi connectivity index (χ0) is 15.2. The third kappa shape index (κ3) is 4.59. The smallest absolute Gasteiger partial charge is 0.0438 e. The summed E-state index contributed by atoms with van der Waals surface area (Å²) in [5.74, 6) is 0.585. The summed E-state index contributed by atoms with van der Waals surface area (Å²) in [6.07, 6.45) is 1.96. The molecule has 0 aromatic heterocycles. The van der Waals surface area contributed by atoms with Crippen LogP contribution in [0.15, 0.2) is 48.5 Å². The topological polar surface area (TPSA) is 12.0 Å². The van der Waals surface area contributed by atoms with Crippen LogP contribution in [0.4, 0.5) is 0 Å². The van der Waals surface area contributed by atoms with Crippen molar-refractivity contribution in [2.45, 2.75) is 38.6 Å². The number of rotatable bonds is 6. The van der Waals surface area contributed by atoms with Gasteiger partial charge < -0.3 is 5.32 Å². The van der Waals surface area contributed by atoms with Crippen molar-refractivity contribution >= 4 is 11.6 Å². The monoisotopic (exact) mass is 301 g/mol. The molecular formula is C19H24ClN. The Hall–Kier alpha value is -1.31. The summed E-state index contributed by atoms with van der Waals surface area (Å²) in [4.78, 5) is 0. The van der Waals surface area contributed by atoms with E-state index in [4.69, 9.17) is 11.6 Å². The van der Waals surface area contributed by atoms with Gasteiger partial charge in [0, 0.05) is 11.1 Å². The van der Waals surface area contributed by atoms with Crippen LogP contribution in [0.2, 0.25) is 5.02 Å². The van der Waals surface area contributed by atoms with Gasteiger partial charge in [-0.05, 0) is 48.6 Å². The fraction of sp³-hybridized carbons (Fsp3) is 0.368. The summed E-state index contributed by atoms with van der Waals surface area (Å²) in [7, 11) is 2.02. The van der Waals surface area contributed by atoms with E-state index in [9.17, 15) is 0 Å². The molecule has 0 fully saturated rings. The van der Waals surface area contributed by atoms with E-state index in [1.165, 1.54) is 16.7 Å². The Bertz CT molecular complexity index is 560. The van der Waals surface area contributed by atoms with Crippen LogP contribution in [0.1, 0.15) is 36.5 Å². The van der Waals surface area contributed by atoms with Crippen molar-refractivity contribution in [3.05, 3.63) is 70.2 Å². The van der Waals surface area contributed by atoms with E-state index in [1.807, 2.05) is 25.2 Å². The van der Waals surface area contributed by atoms with E-state index in [1.54, 1.807) is 0 Å². The SMILES string of the molecule is CNC(Cc1ccc(C(C)C)cc1)Cc1ccccc1Cl. The molecule has 0 saturated heterocycles. The molecule has 1 unspecified atom stereocenters. The molecule has 0 saturated carbocycles. The van der Waals surface area contributed by atoms with Crippen LogP contribution in [0.5, 0.6) is 0 Å². The lowest BCUT2D eigenvalue weighted by molar-refractivity contribution is 0.556. The minimum atomic E-state index is 0.398. The van der Waals surface area contributed by atoms with Gasteiger partial charge in [0.1, 0.15) is 0 Å². The Labute approximate surface area is 133 Å². The molecule has 2 heteroatoms. The van der Waals surface area contributed by atoms with Gasteiger partial charge in [-0.2, -0.15) is 0 Å². The van der Waals surface area contributed by atoms with Gasteiger partial charge in [-0.3, -0.25) is 0 Å². The molecule has 1 nitrogen and oxygen atoms in total. The number of halogens is 1. The lowest BCUT2D eigenvalue weighted by Gasteiger charge is -2.17. The molecule has 0 radical (unpaired) electrons. The zero-order valence-electron chi connectivity index (χ0n) is 13.1. The van der Waals surface area contributed by atoms with Crippen LogP contribution in [0.3, 0.4) is 0 Å². The molecule has 1 N–H and O–H groups in total. The van der Waals surface area contributed by atoms with Gasteiger partial charge in [0.05, 0.1) is 0 Å². The number of likely N-dealkylation sites (N-methyl/N-ethyl adjacent to an activating group) is 1. The van der Waals surface area contributed by atoms with Crippen LogP contribution in [-0.4, -0.2) is 13.1 Å². The Balaban J connectivity index is 2.03. The van der Waals surface area contributed by atoms with Gasteiger partial charge in [-0.25, -0.2) is 0 Å². The molecule has 1 atom stereocenters. The number of hydrogen-bond donors (Lipinski definition) is 1. The van der Waals surface area contributed by atoms with Crippen molar-refractivity contribution in [1.29, 1.82) is 0 Å². The maximum absolute atomic E-state index is 6.26. The van der Waals surface area contributed by atoms with E-state index in [0.29, 0.717) is 12.0 Å². The molecule has 2 aromatic rings. The molecule has 0 spiro atoms. The van der Waals surface area contributed by atoms with Crippen molar-refractivity contribution in [1.82, 2.24) is 5.32 Å². The second kappa shape index (κ2) is 7.63. The van der Waals surface area contributed by atoms with Crippen LogP contribution in [-0.2, 0) is 12.8 Å². The van der Waals surface area contributed by atoms with Crippen LogP contribution >= 0.6 is 11.6 Å². The Morgan fingerprint density at radius 3 is 2.19 bits per heavy atom. The van der Waals surface area contributed by atoms with E-state index in [0.717, 1.165) is 17.9 Å². The molecule has 2 aromatic carbocycles. The lowest BCUT2D eigenvalue weighted by Crippen LogP contribution is -2.30. The first kappa shape index (κ1) is 16.1. The van der Waals surface area contributed by atoms with E-state index in [2.05, 4.69) is 49.5 Å². The van der Waals surface area contributed by atoms with E-state index < -0.39 is 0 Å². The van der Waals surface area contributed by atoms with Crippen molar-refractivity contribution in [2.75, 3.05) is 7.05 Å². The van der Waals surface area contributed by atoms with Gasteiger partial charge in [-0.1, -0.05) is 67.9 Å². The quantitative estimate of drug-likeness (QED) is 0.805. The molecule has 2 rings (SSSR count). The Morgan fingerprint density at radius 2 is 1.62 bits per heavy atom. The minimum Gasteiger partial charge on any atom is -0.316 e. The van der Waals surface area contributed by atoms with Crippen molar-refractivity contribution in [3.8, 4) is 0 Å². The van der Waals surface area contributed by atoms with Crippen molar-refractivity contribution < 1.29 is 0 Å². The summed E-state index contributed by atoms with van der Waals surface area (Å²) in [6.45, 7) is 4.45. The Kier molecular flexibility index (Phi) is 5.84. The average Bonchev–Trinajstić information content (AvgIpc) is 2.49. The normalized spacial score (nSPS) is 12.6. The third-order valence-electron chi connectivity index (χ3n) is 3.96. The van der Waals surface area contributed by atoms with Gasteiger partial charge in [0.25, 0.3) is 0 Å². The van der Waals surface area contributed by atoms with Gasteiger partial charge >= 0.3 is 0 Å². The highest BCUT2D eigenvalue weighted by Crippen LogP contribution is 2.19. The van der Waals surface area contributed by atoms with Crippen LogP contribution in [0, 0.1) is 0 Å². The summed E-state index contributed by atoms with van der Waals surface area (Å²) in [5, 5.41) is 4.26. The summed E-state index contributed by atoms with van der Waals surface area (Å²) in [5.41, 5.74) is 3.97. The largest absolute Gasteiger partial charge is 0.316 e. The van der Waals surface area contributed by atoms with Crippen LogP contribution in [0.25, 0.3) is 0 Å². The summed E-state index contributed by atoms with van der Waals surface area (Å²) < 4.78 is 0. The molecule has 0 aliphatic carbocycles. The fourth-order valence-electron chi connectivity index (χ4n) is 2.53. The molecular weight excluding hydrogens is 278 g/mol. The van der Waals surface area contributed by atoms with E-state index in [-0.39, 0.29) is 0 Å². The highest BCUT2D eigenvalue weighted by molar-refractivity contribution is 6.31. The standard InChI is InChI=1S/C19H24ClN/c1-14(2)16-10-8-15(9-11-16)12-18(21-3)13-17-6-4-5-7-19(17)20/h4-11,14,18,21H,12-13H2,1-3H3. The molecule has 21 heavy (non-hydrogen) atoms. The first-order chi connectivity index (χ1) is 10.1. The zero-order valence-corrected chi connectivity index (χ0v) is 13.8. The third-order valence-corrected chi connectivity index (χ3v) is 4.33. The fourth-order valence-corrected chi connectivity index (χ4v) is 2.74. The second-order valence-electron chi connectivity index (χ2n) is 5.88. The first-order valence-corrected chi connectivity index (χ1v) is 7.97. The Morgan fingerprint density at radius 1 is 0.952 bits per heavy atom. The van der Waals surface area contributed by atoms with Gasteiger partial charge in [-0.15, -0.1) is 0 Å². The molecule has 0 heterocycles. The molecule has 0 aliphatic heterocycles. The lowest BCUT2D eigenvalue weighted by atomic mass is 9.96. The van der Waals surface area contributed by atoms with Crippen molar-refractivity contribution in [3.63, 3.8) is 0 Å². The number of hydrogen-bond acceptors (Lipinski definition) is 1. The van der Waals surface area contributed by atoms with Gasteiger partial charge in [0.15, 0.2) is 0 Å². The highest BCUT2D eigenvalue weighted by atomic mass is 35.5. The predicted molar refractivity (Wildman–Crippen MR) is 92.2 cm³/mol. The van der Waals surface area contributed by atoms with Crippen LogP contribution < -0.4 is 5.32 Å². The average molecular weight is 302 g/mol. The first-order valence-electron chi connectivity index (χ1n) is 7.59. The summed E-state index contributed by atoms with van der Waals surface area (Å²) in [6, 6.07) is 17.4. The molecule has 0 amide bonds. The van der Waals surface area contributed by atoms with Gasteiger partial charge in [0.2, 0.25) is 0 Å². The maximum Gasteiger partial charge on any atom is 0.0438 e. The minimum absolute atomic E-state index is 0.398. The molecule has 0 aliphatic rings.